The van der Waals surface area contributed by atoms with Crippen LogP contribution in [0, 0.1) is 29.1 Å². The topological polar surface area (TPSA) is 12.4 Å². The highest BCUT2D eigenvalue weighted by molar-refractivity contribution is 6.72. The summed E-state index contributed by atoms with van der Waals surface area (Å²) >= 11 is 13.6. The number of rotatable bonds is 2. The average molecular weight is 302 g/mol. The van der Waals surface area contributed by atoms with Gasteiger partial charge in [0.1, 0.15) is 10.0 Å². The summed E-state index contributed by atoms with van der Waals surface area (Å²) in [7, 11) is 0. The lowest BCUT2D eigenvalue weighted by Gasteiger charge is -2.58. The summed E-state index contributed by atoms with van der Waals surface area (Å²) in [6.45, 7) is 7.35. The first-order valence-corrected chi connectivity index (χ1v) is 8.44. The van der Waals surface area contributed by atoms with Crippen molar-refractivity contribution in [2.75, 3.05) is 6.54 Å². The Bertz CT molecular complexity index is 366. The SMILES string of the molecule is CC(C)(C)CN=C(Cl)C1(Cl)C2CC3CC(C2)CC1C3. The summed E-state index contributed by atoms with van der Waals surface area (Å²) in [6, 6.07) is 0. The Hall–Kier alpha value is 0.250. The first-order valence-electron chi connectivity index (χ1n) is 7.68. The molecule has 19 heavy (non-hydrogen) atoms. The molecule has 0 unspecified atom stereocenters. The molecule has 0 amide bonds. The van der Waals surface area contributed by atoms with Crippen LogP contribution in [0.25, 0.3) is 0 Å². The Kier molecular flexibility index (Phi) is 3.46. The maximum Gasteiger partial charge on any atom is 0.122 e. The molecule has 0 radical (unpaired) electrons. The predicted octanol–water partition coefficient (Wildman–Crippen LogP) is 5.10. The highest BCUT2D eigenvalue weighted by Crippen LogP contribution is 2.61. The standard InChI is InChI=1S/C16H25Cl2N/c1-15(2,3)9-19-14(17)16(18)12-5-10-4-11(7-12)8-13(16)6-10/h10-13H,4-9H2,1-3H3. The van der Waals surface area contributed by atoms with Crippen LogP contribution in [0.2, 0.25) is 0 Å². The summed E-state index contributed by atoms with van der Waals surface area (Å²) in [5.41, 5.74) is 0.180. The molecule has 4 aliphatic rings. The lowest BCUT2D eigenvalue weighted by Crippen LogP contribution is -2.57. The molecule has 1 nitrogen and oxygen atoms in total. The van der Waals surface area contributed by atoms with Gasteiger partial charge in [-0.2, -0.15) is 0 Å². The largest absolute Gasteiger partial charge is 0.275 e. The third kappa shape index (κ3) is 2.46. The molecule has 108 valence electrons. The van der Waals surface area contributed by atoms with Gasteiger partial charge in [-0.15, -0.1) is 11.6 Å². The second-order valence-electron chi connectivity index (χ2n) is 8.24. The van der Waals surface area contributed by atoms with Crippen molar-refractivity contribution < 1.29 is 0 Å². The Morgan fingerprint density at radius 1 is 1.05 bits per heavy atom. The molecule has 4 fully saturated rings. The smallest absolute Gasteiger partial charge is 0.122 e. The van der Waals surface area contributed by atoms with E-state index in [-0.39, 0.29) is 10.3 Å². The molecule has 0 atom stereocenters. The van der Waals surface area contributed by atoms with E-state index in [1.54, 1.807) is 0 Å². The van der Waals surface area contributed by atoms with E-state index in [0.717, 1.165) is 18.4 Å². The van der Waals surface area contributed by atoms with Crippen LogP contribution in [0.15, 0.2) is 4.99 Å². The average Bonchev–Trinajstić information content (AvgIpc) is 2.30. The summed E-state index contributed by atoms with van der Waals surface area (Å²) < 4.78 is 0. The van der Waals surface area contributed by atoms with Crippen molar-refractivity contribution in [1.29, 1.82) is 0 Å². The van der Waals surface area contributed by atoms with Crippen molar-refractivity contribution in [1.82, 2.24) is 0 Å². The summed E-state index contributed by atoms with van der Waals surface area (Å²) in [5.74, 6) is 2.98. The van der Waals surface area contributed by atoms with Crippen LogP contribution in [0.5, 0.6) is 0 Å². The van der Waals surface area contributed by atoms with Gasteiger partial charge < -0.3 is 0 Å². The van der Waals surface area contributed by atoms with E-state index in [2.05, 4.69) is 25.8 Å². The molecule has 4 saturated carbocycles. The minimum absolute atomic E-state index is 0.180. The van der Waals surface area contributed by atoms with E-state index in [4.69, 9.17) is 23.2 Å². The number of alkyl halides is 1. The van der Waals surface area contributed by atoms with Crippen molar-refractivity contribution in [2.24, 2.45) is 34.1 Å². The zero-order valence-electron chi connectivity index (χ0n) is 12.3. The molecule has 3 heteroatoms. The number of hydrogen-bond acceptors (Lipinski definition) is 1. The van der Waals surface area contributed by atoms with Crippen LogP contribution in [-0.2, 0) is 0 Å². The first-order chi connectivity index (χ1) is 8.79. The Labute approximate surface area is 127 Å². The van der Waals surface area contributed by atoms with Crippen molar-refractivity contribution in [3.8, 4) is 0 Å². The Morgan fingerprint density at radius 2 is 1.53 bits per heavy atom. The third-order valence-corrected chi connectivity index (χ3v) is 6.66. The lowest BCUT2D eigenvalue weighted by molar-refractivity contribution is 0.00548. The fourth-order valence-corrected chi connectivity index (χ4v) is 5.42. The minimum atomic E-state index is -0.333. The van der Waals surface area contributed by atoms with Crippen LogP contribution >= 0.6 is 23.2 Å². The second-order valence-corrected chi connectivity index (χ2v) is 9.22. The van der Waals surface area contributed by atoms with Crippen molar-refractivity contribution in [2.45, 2.75) is 57.7 Å². The van der Waals surface area contributed by atoms with Crippen LogP contribution in [0.3, 0.4) is 0 Å². The molecule has 0 saturated heterocycles. The van der Waals surface area contributed by atoms with Crippen LogP contribution < -0.4 is 0 Å². The van der Waals surface area contributed by atoms with E-state index in [0.29, 0.717) is 17.0 Å². The fourth-order valence-electron chi connectivity index (χ4n) is 4.63. The summed E-state index contributed by atoms with van der Waals surface area (Å²) in [4.78, 5) is 4.33. The van der Waals surface area contributed by atoms with Gasteiger partial charge in [-0.3, -0.25) is 4.99 Å². The van der Waals surface area contributed by atoms with Gasteiger partial charge in [0.2, 0.25) is 0 Å². The maximum absolute atomic E-state index is 7.05. The van der Waals surface area contributed by atoms with Crippen LogP contribution in [0.4, 0.5) is 0 Å². The van der Waals surface area contributed by atoms with Crippen molar-refractivity contribution in [3.63, 3.8) is 0 Å². The number of halogens is 2. The predicted molar refractivity (Wildman–Crippen MR) is 83.2 cm³/mol. The molecule has 4 rings (SSSR count). The molecule has 0 heterocycles. The second kappa shape index (κ2) is 4.63. The van der Waals surface area contributed by atoms with Crippen LogP contribution in [-0.4, -0.2) is 16.6 Å². The van der Waals surface area contributed by atoms with Crippen LogP contribution in [0.1, 0.15) is 52.9 Å². The molecular formula is C16H25Cl2N. The van der Waals surface area contributed by atoms with Gasteiger partial charge in [-0.05, 0) is 61.2 Å². The van der Waals surface area contributed by atoms with E-state index >= 15 is 0 Å². The summed E-state index contributed by atoms with van der Waals surface area (Å²) in [6.07, 6.45) is 6.54. The molecule has 4 bridgehead atoms. The molecule has 4 aliphatic carbocycles. The zero-order valence-corrected chi connectivity index (χ0v) is 13.8. The highest BCUT2D eigenvalue weighted by atomic mass is 35.5. The van der Waals surface area contributed by atoms with Gasteiger partial charge in [0.05, 0.1) is 0 Å². The van der Waals surface area contributed by atoms with Crippen molar-refractivity contribution in [3.05, 3.63) is 0 Å². The quantitative estimate of drug-likeness (QED) is 0.497. The molecule has 0 spiro atoms. The molecular weight excluding hydrogens is 277 g/mol. The fraction of sp³-hybridized carbons (Fsp3) is 0.938. The van der Waals surface area contributed by atoms with Gasteiger partial charge >= 0.3 is 0 Å². The summed E-state index contributed by atoms with van der Waals surface area (Å²) in [5, 5.41) is 0.706. The van der Waals surface area contributed by atoms with Gasteiger partial charge in [0.15, 0.2) is 0 Å². The monoisotopic (exact) mass is 301 g/mol. The molecule has 0 aromatic carbocycles. The Morgan fingerprint density at radius 3 is 1.95 bits per heavy atom. The molecule has 0 aromatic heterocycles. The molecule has 0 aromatic rings. The highest BCUT2D eigenvalue weighted by Gasteiger charge is 2.58. The zero-order chi connectivity index (χ0) is 13.8. The number of aliphatic imine (C=N–C) groups is 1. The minimum Gasteiger partial charge on any atom is -0.275 e. The van der Waals surface area contributed by atoms with Crippen molar-refractivity contribution >= 4 is 28.4 Å². The first kappa shape index (κ1) is 14.2. The van der Waals surface area contributed by atoms with Gasteiger partial charge in [0, 0.05) is 6.54 Å². The third-order valence-electron chi connectivity index (χ3n) is 5.33. The van der Waals surface area contributed by atoms with Gasteiger partial charge in [0.25, 0.3) is 0 Å². The van der Waals surface area contributed by atoms with Gasteiger partial charge in [-0.25, -0.2) is 0 Å². The van der Waals surface area contributed by atoms with E-state index in [9.17, 15) is 0 Å². The van der Waals surface area contributed by atoms with E-state index < -0.39 is 0 Å². The van der Waals surface area contributed by atoms with E-state index in [1.165, 1.54) is 32.1 Å². The normalized spacial score (nSPS) is 45.8. The Balaban J connectivity index is 1.82. The van der Waals surface area contributed by atoms with Gasteiger partial charge in [-0.1, -0.05) is 32.4 Å². The molecule has 0 N–H and O–H groups in total. The molecule has 0 aliphatic heterocycles. The maximum atomic E-state index is 7.05. The number of nitrogens with zero attached hydrogens (tertiary/aromatic N) is 1. The number of hydrogen-bond donors (Lipinski definition) is 0. The lowest BCUT2D eigenvalue weighted by atomic mass is 9.51. The van der Waals surface area contributed by atoms with E-state index in [1.807, 2.05) is 0 Å².